The molecular formula is C13H14N2O2S. The molecule has 1 unspecified atom stereocenters. The summed E-state index contributed by atoms with van der Waals surface area (Å²) >= 11 is 1.41. The first-order valence-corrected chi connectivity index (χ1v) is 6.39. The van der Waals surface area contributed by atoms with E-state index < -0.39 is 0 Å². The second-order valence-corrected chi connectivity index (χ2v) is 4.81. The van der Waals surface area contributed by atoms with Crippen LogP contribution in [0.1, 0.15) is 34.0 Å². The van der Waals surface area contributed by atoms with Crippen molar-refractivity contribution in [3.05, 3.63) is 45.9 Å². The Morgan fingerprint density at radius 1 is 1.39 bits per heavy atom. The molecule has 1 atom stereocenters. The fraction of sp³-hybridized carbons (Fsp3) is 0.231. The molecule has 0 aliphatic carbocycles. The first kappa shape index (κ1) is 12.7. The summed E-state index contributed by atoms with van der Waals surface area (Å²) in [6, 6.07) is 6.82. The van der Waals surface area contributed by atoms with Gasteiger partial charge in [-0.05, 0) is 31.2 Å². The summed E-state index contributed by atoms with van der Waals surface area (Å²) < 4.78 is 5.05. The lowest BCUT2D eigenvalue weighted by Gasteiger charge is -2.01. The minimum absolute atomic E-state index is 0.0965. The third-order valence-electron chi connectivity index (χ3n) is 2.50. The molecule has 4 nitrogen and oxygen atoms in total. The lowest BCUT2D eigenvalue weighted by atomic mass is 10.1. The normalized spacial score (nSPS) is 12.2. The molecule has 5 heteroatoms. The average Bonchev–Trinajstić information content (AvgIpc) is 2.88. The van der Waals surface area contributed by atoms with Crippen LogP contribution in [0, 0.1) is 0 Å². The molecule has 0 radical (unpaired) electrons. The topological polar surface area (TPSA) is 65.2 Å². The predicted octanol–water partition coefficient (Wildman–Crippen LogP) is 2.40. The van der Waals surface area contributed by atoms with Crippen molar-refractivity contribution < 1.29 is 9.53 Å². The SMILES string of the molecule is COc1ccc(C(=O)c2csc(C(C)N)n2)cc1. The number of carbonyl (C=O) groups excluding carboxylic acids is 1. The van der Waals surface area contributed by atoms with Crippen molar-refractivity contribution in [3.63, 3.8) is 0 Å². The highest BCUT2D eigenvalue weighted by atomic mass is 32.1. The van der Waals surface area contributed by atoms with Crippen LogP contribution >= 0.6 is 11.3 Å². The molecule has 0 fully saturated rings. The number of hydrogen-bond acceptors (Lipinski definition) is 5. The van der Waals surface area contributed by atoms with Crippen LogP contribution in [0.15, 0.2) is 29.6 Å². The van der Waals surface area contributed by atoms with Gasteiger partial charge in [-0.1, -0.05) is 0 Å². The number of aromatic nitrogens is 1. The Balaban J connectivity index is 2.23. The van der Waals surface area contributed by atoms with Crippen LogP contribution in [-0.4, -0.2) is 17.9 Å². The summed E-state index contributed by atoms with van der Waals surface area (Å²) in [5, 5.41) is 2.51. The number of nitrogens with two attached hydrogens (primary N) is 1. The van der Waals surface area contributed by atoms with Gasteiger partial charge in [0.25, 0.3) is 0 Å². The van der Waals surface area contributed by atoms with E-state index in [1.54, 1.807) is 36.8 Å². The molecule has 2 rings (SSSR count). The Hall–Kier alpha value is -1.72. The van der Waals surface area contributed by atoms with Gasteiger partial charge in [-0.25, -0.2) is 4.98 Å². The van der Waals surface area contributed by atoms with Crippen LogP contribution in [-0.2, 0) is 0 Å². The first-order chi connectivity index (χ1) is 8.61. The number of hydrogen-bond donors (Lipinski definition) is 1. The number of thiazole rings is 1. The zero-order valence-electron chi connectivity index (χ0n) is 10.2. The van der Waals surface area contributed by atoms with Gasteiger partial charge in [0, 0.05) is 10.9 Å². The van der Waals surface area contributed by atoms with Gasteiger partial charge in [0.2, 0.25) is 5.78 Å². The Labute approximate surface area is 109 Å². The van der Waals surface area contributed by atoms with Crippen molar-refractivity contribution in [2.45, 2.75) is 13.0 Å². The molecule has 1 aromatic carbocycles. The van der Waals surface area contributed by atoms with E-state index in [4.69, 9.17) is 10.5 Å². The zero-order valence-corrected chi connectivity index (χ0v) is 11.0. The number of rotatable bonds is 4. The molecule has 2 N–H and O–H groups in total. The molecule has 0 bridgehead atoms. The minimum atomic E-state index is -0.146. The summed E-state index contributed by atoms with van der Waals surface area (Å²) in [6.07, 6.45) is 0. The number of methoxy groups -OCH3 is 1. The average molecular weight is 262 g/mol. The smallest absolute Gasteiger partial charge is 0.212 e. The highest BCUT2D eigenvalue weighted by Crippen LogP contribution is 2.19. The molecule has 0 aliphatic heterocycles. The van der Waals surface area contributed by atoms with Crippen molar-refractivity contribution in [2.24, 2.45) is 5.73 Å². The lowest BCUT2D eigenvalue weighted by Crippen LogP contribution is -2.06. The van der Waals surface area contributed by atoms with Crippen molar-refractivity contribution in [1.29, 1.82) is 0 Å². The van der Waals surface area contributed by atoms with Crippen LogP contribution in [0.5, 0.6) is 5.75 Å². The Morgan fingerprint density at radius 3 is 2.56 bits per heavy atom. The van der Waals surface area contributed by atoms with Crippen molar-refractivity contribution >= 4 is 17.1 Å². The van der Waals surface area contributed by atoms with Gasteiger partial charge in [0.05, 0.1) is 13.2 Å². The molecule has 2 aromatic rings. The van der Waals surface area contributed by atoms with E-state index in [1.165, 1.54) is 11.3 Å². The maximum Gasteiger partial charge on any atom is 0.212 e. The van der Waals surface area contributed by atoms with Gasteiger partial charge < -0.3 is 10.5 Å². The molecule has 0 aliphatic rings. The third-order valence-corrected chi connectivity index (χ3v) is 3.54. The molecule has 94 valence electrons. The van der Waals surface area contributed by atoms with Crippen LogP contribution < -0.4 is 10.5 Å². The summed E-state index contributed by atoms with van der Waals surface area (Å²) in [6.45, 7) is 1.85. The number of benzene rings is 1. The fourth-order valence-corrected chi connectivity index (χ4v) is 2.25. The van der Waals surface area contributed by atoms with Crippen molar-refractivity contribution in [1.82, 2.24) is 4.98 Å². The van der Waals surface area contributed by atoms with E-state index in [2.05, 4.69) is 4.98 Å². The second-order valence-electron chi connectivity index (χ2n) is 3.92. The Kier molecular flexibility index (Phi) is 3.74. The van der Waals surface area contributed by atoms with E-state index in [0.717, 1.165) is 10.8 Å². The summed E-state index contributed by atoms with van der Waals surface area (Å²) in [5.41, 5.74) is 6.76. The number of ketones is 1. The first-order valence-electron chi connectivity index (χ1n) is 5.51. The van der Waals surface area contributed by atoms with Crippen molar-refractivity contribution in [3.8, 4) is 5.75 Å². The van der Waals surface area contributed by atoms with E-state index >= 15 is 0 Å². The van der Waals surface area contributed by atoms with Crippen LogP contribution in [0.4, 0.5) is 0 Å². The van der Waals surface area contributed by atoms with Crippen LogP contribution in [0.2, 0.25) is 0 Å². The highest BCUT2D eigenvalue weighted by Gasteiger charge is 2.14. The van der Waals surface area contributed by atoms with E-state index in [0.29, 0.717) is 11.3 Å². The van der Waals surface area contributed by atoms with Gasteiger partial charge >= 0.3 is 0 Å². The molecule has 0 saturated carbocycles. The quantitative estimate of drug-likeness (QED) is 0.859. The highest BCUT2D eigenvalue weighted by molar-refractivity contribution is 7.09. The van der Waals surface area contributed by atoms with Gasteiger partial charge in [-0.2, -0.15) is 0 Å². The number of ether oxygens (including phenoxy) is 1. The third kappa shape index (κ3) is 2.57. The predicted molar refractivity (Wildman–Crippen MR) is 71.1 cm³/mol. The Bertz CT molecular complexity index is 546. The lowest BCUT2D eigenvalue weighted by molar-refractivity contribution is 0.103. The second kappa shape index (κ2) is 5.29. The zero-order chi connectivity index (χ0) is 13.1. The van der Waals surface area contributed by atoms with E-state index in [-0.39, 0.29) is 11.8 Å². The van der Waals surface area contributed by atoms with Crippen LogP contribution in [0.3, 0.4) is 0 Å². The molecule has 0 spiro atoms. The van der Waals surface area contributed by atoms with Gasteiger partial charge in [0.1, 0.15) is 16.5 Å². The maximum atomic E-state index is 12.1. The van der Waals surface area contributed by atoms with E-state index in [9.17, 15) is 4.79 Å². The molecule has 1 aromatic heterocycles. The van der Waals surface area contributed by atoms with Gasteiger partial charge in [-0.3, -0.25) is 4.79 Å². The molecule has 1 heterocycles. The van der Waals surface area contributed by atoms with Gasteiger partial charge in [-0.15, -0.1) is 11.3 Å². The minimum Gasteiger partial charge on any atom is -0.497 e. The largest absolute Gasteiger partial charge is 0.497 e. The summed E-state index contributed by atoms with van der Waals surface area (Å²) in [5.74, 6) is 0.627. The van der Waals surface area contributed by atoms with Gasteiger partial charge in [0.15, 0.2) is 0 Å². The molecule has 0 saturated heterocycles. The monoisotopic (exact) mass is 262 g/mol. The molecule has 18 heavy (non-hydrogen) atoms. The molecule has 0 amide bonds. The fourth-order valence-electron chi connectivity index (χ4n) is 1.49. The molecular weight excluding hydrogens is 248 g/mol. The maximum absolute atomic E-state index is 12.1. The number of nitrogens with zero attached hydrogens (tertiary/aromatic N) is 1. The Morgan fingerprint density at radius 2 is 2.06 bits per heavy atom. The van der Waals surface area contributed by atoms with E-state index in [1.807, 2.05) is 6.92 Å². The van der Waals surface area contributed by atoms with Crippen molar-refractivity contribution in [2.75, 3.05) is 7.11 Å². The summed E-state index contributed by atoms with van der Waals surface area (Å²) in [4.78, 5) is 16.4. The standard InChI is InChI=1S/C13H14N2O2S/c1-8(14)13-15-11(7-18-13)12(16)9-3-5-10(17-2)6-4-9/h3-8H,14H2,1-2H3. The number of carbonyl (C=O) groups is 1. The van der Waals surface area contributed by atoms with Crippen LogP contribution in [0.25, 0.3) is 0 Å². The summed E-state index contributed by atoms with van der Waals surface area (Å²) in [7, 11) is 1.59.